The van der Waals surface area contributed by atoms with Crippen molar-refractivity contribution in [3.05, 3.63) is 39.3 Å². The van der Waals surface area contributed by atoms with Crippen LogP contribution in [0.3, 0.4) is 0 Å². The van der Waals surface area contributed by atoms with Crippen LogP contribution in [0.4, 0.5) is 5.69 Å². The number of halogens is 1. The van der Waals surface area contributed by atoms with Crippen molar-refractivity contribution in [1.29, 1.82) is 0 Å². The monoisotopic (exact) mass is 412 g/mol. The van der Waals surface area contributed by atoms with E-state index in [4.69, 9.17) is 4.42 Å². The van der Waals surface area contributed by atoms with E-state index in [1.807, 2.05) is 10.6 Å². The van der Waals surface area contributed by atoms with Gasteiger partial charge in [0.1, 0.15) is 12.4 Å². The zero-order valence-corrected chi connectivity index (χ0v) is 15.0. The lowest BCUT2D eigenvalue weighted by Crippen LogP contribution is -2.03. The van der Waals surface area contributed by atoms with Crippen molar-refractivity contribution in [3.8, 4) is 11.6 Å². The lowest BCUT2D eigenvalue weighted by atomic mass is 10.4. The number of nitro groups is 1. The highest BCUT2D eigenvalue weighted by Gasteiger charge is 2.17. The van der Waals surface area contributed by atoms with Crippen LogP contribution < -0.4 is 0 Å². The topological polar surface area (TPSA) is 105 Å². The number of aromatic nitrogens is 5. The van der Waals surface area contributed by atoms with Gasteiger partial charge in [0, 0.05) is 6.54 Å². The highest BCUT2D eigenvalue weighted by Crippen LogP contribution is 2.28. The summed E-state index contributed by atoms with van der Waals surface area (Å²) in [6.45, 7) is 2.80. The number of furan rings is 1. The number of hydrogen-bond donors (Lipinski definition) is 0. The summed E-state index contributed by atoms with van der Waals surface area (Å²) in [5.74, 6) is 1.68. The van der Waals surface area contributed by atoms with E-state index in [1.54, 1.807) is 6.07 Å². The van der Waals surface area contributed by atoms with Gasteiger partial charge in [-0.25, -0.2) is 0 Å². The Morgan fingerprint density at radius 2 is 2.25 bits per heavy atom. The first-order chi connectivity index (χ1) is 11.6. The van der Waals surface area contributed by atoms with Crippen molar-refractivity contribution in [2.75, 3.05) is 0 Å². The zero-order valence-electron chi connectivity index (χ0n) is 12.6. The van der Waals surface area contributed by atoms with Crippen LogP contribution in [-0.4, -0.2) is 29.5 Å². The lowest BCUT2D eigenvalue weighted by Gasteiger charge is -2.07. The molecule has 0 aliphatic heterocycles. The summed E-state index contributed by atoms with van der Waals surface area (Å²) in [6.07, 6.45) is 3.52. The molecular formula is C13H13BrN6O3S. The molecule has 3 aromatic heterocycles. The SMILES string of the molecule is CCCn1c(SCn2cc([N+](=O)[O-])cn2)nnc1-c1ccc(Br)o1. The van der Waals surface area contributed by atoms with Gasteiger partial charge in [-0.2, -0.15) is 5.10 Å². The maximum atomic E-state index is 10.7. The molecule has 0 aliphatic carbocycles. The summed E-state index contributed by atoms with van der Waals surface area (Å²) in [6, 6.07) is 3.63. The first kappa shape index (κ1) is 16.7. The fourth-order valence-electron chi connectivity index (χ4n) is 2.08. The van der Waals surface area contributed by atoms with Crippen LogP contribution >= 0.6 is 27.7 Å². The van der Waals surface area contributed by atoms with Crippen molar-refractivity contribution in [2.24, 2.45) is 0 Å². The normalized spacial score (nSPS) is 11.1. The van der Waals surface area contributed by atoms with E-state index in [9.17, 15) is 10.1 Å². The molecule has 0 unspecified atom stereocenters. The number of thioether (sulfide) groups is 1. The molecule has 0 spiro atoms. The first-order valence-corrected chi connectivity index (χ1v) is 8.85. The molecule has 0 aromatic carbocycles. The second kappa shape index (κ2) is 7.18. The summed E-state index contributed by atoms with van der Waals surface area (Å²) in [5.41, 5.74) is -0.0354. The molecule has 3 rings (SSSR count). The van der Waals surface area contributed by atoms with Gasteiger partial charge in [-0.1, -0.05) is 18.7 Å². The summed E-state index contributed by atoms with van der Waals surface area (Å²) < 4.78 is 9.64. The maximum Gasteiger partial charge on any atom is 0.307 e. The first-order valence-electron chi connectivity index (χ1n) is 7.07. The molecule has 0 saturated carbocycles. The molecule has 24 heavy (non-hydrogen) atoms. The smallest absolute Gasteiger partial charge is 0.307 e. The van der Waals surface area contributed by atoms with E-state index >= 15 is 0 Å². The van der Waals surface area contributed by atoms with Crippen molar-refractivity contribution in [3.63, 3.8) is 0 Å². The maximum absolute atomic E-state index is 10.7. The molecule has 0 atom stereocenters. The minimum atomic E-state index is -0.472. The largest absolute Gasteiger partial charge is 0.446 e. The molecule has 3 heterocycles. The standard InChI is InChI=1S/C13H13BrN6O3S/c1-2-5-19-12(10-3-4-11(14)23-10)16-17-13(19)24-8-18-7-9(6-15-18)20(21)22/h3-4,6-7H,2,5,8H2,1H3. The van der Waals surface area contributed by atoms with E-state index in [2.05, 4.69) is 38.1 Å². The van der Waals surface area contributed by atoms with Crippen LogP contribution in [-0.2, 0) is 12.4 Å². The van der Waals surface area contributed by atoms with Gasteiger partial charge in [0.15, 0.2) is 15.6 Å². The van der Waals surface area contributed by atoms with E-state index in [1.165, 1.54) is 28.8 Å². The Morgan fingerprint density at radius 3 is 2.88 bits per heavy atom. The van der Waals surface area contributed by atoms with E-state index < -0.39 is 4.92 Å². The Bertz CT molecular complexity index is 858. The molecule has 11 heteroatoms. The van der Waals surface area contributed by atoms with Gasteiger partial charge in [0.25, 0.3) is 0 Å². The molecular weight excluding hydrogens is 400 g/mol. The van der Waals surface area contributed by atoms with E-state index in [-0.39, 0.29) is 5.69 Å². The quantitative estimate of drug-likeness (QED) is 0.331. The zero-order chi connectivity index (χ0) is 17.1. The molecule has 0 amide bonds. The Kier molecular flexibility index (Phi) is 5.00. The van der Waals surface area contributed by atoms with Gasteiger partial charge in [0.2, 0.25) is 5.82 Å². The summed E-state index contributed by atoms with van der Waals surface area (Å²) in [7, 11) is 0. The van der Waals surface area contributed by atoms with Gasteiger partial charge in [-0.05, 0) is 34.5 Å². The van der Waals surface area contributed by atoms with Crippen LogP contribution in [0.2, 0.25) is 0 Å². The summed E-state index contributed by atoms with van der Waals surface area (Å²) >= 11 is 4.68. The molecule has 0 saturated heterocycles. The van der Waals surface area contributed by atoms with Crippen molar-refractivity contribution < 1.29 is 9.34 Å². The van der Waals surface area contributed by atoms with Gasteiger partial charge in [-0.3, -0.25) is 19.4 Å². The third-order valence-corrected chi connectivity index (χ3v) is 4.49. The number of nitrogens with zero attached hydrogens (tertiary/aromatic N) is 6. The van der Waals surface area contributed by atoms with Gasteiger partial charge in [0.05, 0.1) is 10.8 Å². The molecule has 0 N–H and O–H groups in total. The fraction of sp³-hybridized carbons (Fsp3) is 0.308. The van der Waals surface area contributed by atoms with E-state index in [0.29, 0.717) is 27.3 Å². The fourth-order valence-corrected chi connectivity index (χ4v) is 3.21. The molecule has 0 aliphatic rings. The van der Waals surface area contributed by atoms with Gasteiger partial charge < -0.3 is 4.42 Å². The second-order valence-electron chi connectivity index (χ2n) is 4.83. The Hall–Kier alpha value is -2.14. The molecule has 3 aromatic rings. The van der Waals surface area contributed by atoms with Crippen LogP contribution in [0.15, 0.2) is 38.8 Å². The molecule has 126 valence electrons. The van der Waals surface area contributed by atoms with Crippen molar-refractivity contribution >= 4 is 33.4 Å². The highest BCUT2D eigenvalue weighted by atomic mass is 79.9. The molecule has 0 bridgehead atoms. The average molecular weight is 413 g/mol. The predicted molar refractivity (Wildman–Crippen MR) is 90.5 cm³/mol. The Morgan fingerprint density at radius 1 is 1.42 bits per heavy atom. The minimum Gasteiger partial charge on any atom is -0.446 e. The van der Waals surface area contributed by atoms with Crippen molar-refractivity contribution in [1.82, 2.24) is 24.5 Å². The van der Waals surface area contributed by atoms with Crippen LogP contribution in [0, 0.1) is 10.1 Å². The highest BCUT2D eigenvalue weighted by molar-refractivity contribution is 9.10. The van der Waals surface area contributed by atoms with Gasteiger partial charge >= 0.3 is 5.69 Å². The number of rotatable bonds is 7. The number of hydrogen-bond acceptors (Lipinski definition) is 7. The Labute approximate surface area is 149 Å². The third-order valence-electron chi connectivity index (χ3n) is 3.11. The Balaban J connectivity index is 1.79. The van der Waals surface area contributed by atoms with Crippen LogP contribution in [0.1, 0.15) is 13.3 Å². The van der Waals surface area contributed by atoms with Gasteiger partial charge in [-0.15, -0.1) is 10.2 Å². The minimum absolute atomic E-state index is 0.0354. The molecule has 9 nitrogen and oxygen atoms in total. The van der Waals surface area contributed by atoms with E-state index in [0.717, 1.165) is 13.0 Å². The average Bonchev–Trinajstić information content (AvgIpc) is 3.25. The summed E-state index contributed by atoms with van der Waals surface area (Å²) in [5, 5.41) is 23.8. The van der Waals surface area contributed by atoms with Crippen molar-refractivity contribution in [2.45, 2.75) is 30.9 Å². The summed E-state index contributed by atoms with van der Waals surface area (Å²) in [4.78, 5) is 10.2. The van der Waals surface area contributed by atoms with Crippen LogP contribution in [0.5, 0.6) is 0 Å². The molecule has 0 fully saturated rings. The predicted octanol–water partition coefficient (Wildman–Crippen LogP) is 3.57. The second-order valence-corrected chi connectivity index (χ2v) is 6.52. The third kappa shape index (κ3) is 3.51. The van der Waals surface area contributed by atoms with Crippen LogP contribution in [0.25, 0.3) is 11.6 Å². The lowest BCUT2D eigenvalue weighted by molar-refractivity contribution is -0.385. The molecule has 0 radical (unpaired) electrons.